The minimum atomic E-state index is -0.317. The largest absolute Gasteiger partial charge is 0.206 e. The molecule has 3 aromatic carbocycles. The Kier molecular flexibility index (Phi) is 1.90. The average Bonchev–Trinajstić information content (AvgIpc) is 2.29. The molecule has 0 bridgehead atoms. The Labute approximate surface area is 91.1 Å². The first kappa shape index (κ1) is 9.28. The third-order valence-electron chi connectivity index (χ3n) is 2.80. The molecule has 0 amide bonds. The molecule has 3 rings (SSSR count). The maximum absolute atomic E-state index is 13.7. The summed E-state index contributed by atoms with van der Waals surface area (Å²) in [5.41, 5.74) is 0. The standard InChI is InChI=1S/C14H8F2/c15-12-5-2-4-11-10(12)8-7-9-3-1-6-13(16)14(9)11/h1-8H. The third-order valence-corrected chi connectivity index (χ3v) is 2.80. The van der Waals surface area contributed by atoms with Crippen LogP contribution >= 0.6 is 0 Å². The van der Waals surface area contributed by atoms with Crippen LogP contribution in [0.15, 0.2) is 48.5 Å². The van der Waals surface area contributed by atoms with E-state index < -0.39 is 0 Å². The van der Waals surface area contributed by atoms with Gasteiger partial charge in [-0.3, -0.25) is 0 Å². The van der Waals surface area contributed by atoms with E-state index in [0.29, 0.717) is 16.2 Å². The van der Waals surface area contributed by atoms with Crippen LogP contribution in [-0.2, 0) is 0 Å². The number of fused-ring (bicyclic) bond motifs is 3. The first-order valence-electron chi connectivity index (χ1n) is 5.03. The van der Waals surface area contributed by atoms with Gasteiger partial charge in [-0.2, -0.15) is 0 Å². The predicted molar refractivity (Wildman–Crippen MR) is 61.4 cm³/mol. The lowest BCUT2D eigenvalue weighted by Gasteiger charge is -2.05. The summed E-state index contributed by atoms with van der Waals surface area (Å²) in [4.78, 5) is 0. The van der Waals surface area contributed by atoms with Crippen LogP contribution in [0.2, 0.25) is 0 Å². The van der Waals surface area contributed by atoms with Crippen molar-refractivity contribution in [3.05, 3.63) is 60.2 Å². The highest BCUT2D eigenvalue weighted by Gasteiger charge is 2.07. The highest BCUT2D eigenvalue weighted by Crippen LogP contribution is 2.28. The van der Waals surface area contributed by atoms with E-state index in [1.54, 1.807) is 30.3 Å². The molecule has 0 aliphatic rings. The quantitative estimate of drug-likeness (QED) is 0.490. The van der Waals surface area contributed by atoms with Crippen molar-refractivity contribution in [3.8, 4) is 0 Å². The summed E-state index contributed by atoms with van der Waals surface area (Å²) in [7, 11) is 0. The van der Waals surface area contributed by atoms with Gasteiger partial charge < -0.3 is 0 Å². The average molecular weight is 214 g/mol. The van der Waals surface area contributed by atoms with E-state index in [9.17, 15) is 8.78 Å². The van der Waals surface area contributed by atoms with Gasteiger partial charge in [0.15, 0.2) is 0 Å². The molecule has 3 aromatic rings. The van der Waals surface area contributed by atoms with Crippen LogP contribution in [0.4, 0.5) is 8.78 Å². The lowest BCUT2D eigenvalue weighted by molar-refractivity contribution is 0.638. The Bertz CT molecular complexity index is 687. The Balaban J connectivity index is 2.64. The molecule has 0 nitrogen and oxygen atoms in total. The summed E-state index contributed by atoms with van der Waals surface area (Å²) in [6.07, 6.45) is 0. The van der Waals surface area contributed by atoms with Crippen molar-refractivity contribution in [2.45, 2.75) is 0 Å². The smallest absolute Gasteiger partial charge is 0.131 e. The fourth-order valence-electron chi connectivity index (χ4n) is 2.06. The van der Waals surface area contributed by atoms with Crippen LogP contribution in [0.1, 0.15) is 0 Å². The molecule has 2 heteroatoms. The third kappa shape index (κ3) is 1.20. The Morgan fingerprint density at radius 2 is 1.38 bits per heavy atom. The molecule has 0 heterocycles. The SMILES string of the molecule is Fc1cccc2c1ccc1cccc(F)c12. The van der Waals surface area contributed by atoms with E-state index in [0.717, 1.165) is 5.39 Å². The minimum absolute atomic E-state index is 0.311. The molecule has 78 valence electrons. The molecule has 0 aliphatic carbocycles. The lowest BCUT2D eigenvalue weighted by Crippen LogP contribution is -1.84. The molecule has 0 atom stereocenters. The van der Waals surface area contributed by atoms with Crippen LogP contribution in [0.25, 0.3) is 21.5 Å². The second-order valence-corrected chi connectivity index (χ2v) is 3.74. The molecule has 0 saturated carbocycles. The normalized spacial score (nSPS) is 11.1. The molecular formula is C14H8F2. The zero-order chi connectivity index (χ0) is 11.1. The van der Waals surface area contributed by atoms with E-state index in [2.05, 4.69) is 0 Å². The fraction of sp³-hybridized carbons (Fsp3) is 0. The summed E-state index contributed by atoms with van der Waals surface area (Å²) in [6.45, 7) is 0. The topological polar surface area (TPSA) is 0 Å². The van der Waals surface area contributed by atoms with Crippen molar-refractivity contribution < 1.29 is 8.78 Å². The Morgan fingerprint density at radius 1 is 0.625 bits per heavy atom. The maximum Gasteiger partial charge on any atom is 0.131 e. The fourth-order valence-corrected chi connectivity index (χ4v) is 2.06. The molecule has 0 aromatic heterocycles. The second-order valence-electron chi connectivity index (χ2n) is 3.74. The first-order chi connectivity index (χ1) is 7.77. The van der Waals surface area contributed by atoms with Gasteiger partial charge >= 0.3 is 0 Å². The summed E-state index contributed by atoms with van der Waals surface area (Å²) in [5.74, 6) is -0.628. The van der Waals surface area contributed by atoms with Gasteiger partial charge in [-0.1, -0.05) is 36.4 Å². The van der Waals surface area contributed by atoms with Crippen LogP contribution in [0, 0.1) is 11.6 Å². The number of hydrogen-bond donors (Lipinski definition) is 0. The molecule has 0 spiro atoms. The van der Waals surface area contributed by atoms with Gasteiger partial charge in [0.25, 0.3) is 0 Å². The van der Waals surface area contributed by atoms with Crippen molar-refractivity contribution in [3.63, 3.8) is 0 Å². The van der Waals surface area contributed by atoms with Crippen LogP contribution in [-0.4, -0.2) is 0 Å². The summed E-state index contributed by atoms with van der Waals surface area (Å²) in [6, 6.07) is 13.0. The van der Waals surface area contributed by atoms with E-state index in [1.807, 2.05) is 6.07 Å². The Morgan fingerprint density at radius 3 is 2.25 bits per heavy atom. The monoisotopic (exact) mass is 214 g/mol. The second kappa shape index (κ2) is 3.27. The van der Waals surface area contributed by atoms with Gasteiger partial charge in [-0.25, -0.2) is 8.78 Å². The van der Waals surface area contributed by atoms with E-state index in [-0.39, 0.29) is 11.6 Å². The number of hydrogen-bond acceptors (Lipinski definition) is 0. The van der Waals surface area contributed by atoms with E-state index >= 15 is 0 Å². The van der Waals surface area contributed by atoms with Crippen molar-refractivity contribution in [1.29, 1.82) is 0 Å². The molecule has 0 fully saturated rings. The predicted octanol–water partition coefficient (Wildman–Crippen LogP) is 4.27. The van der Waals surface area contributed by atoms with Crippen LogP contribution < -0.4 is 0 Å². The molecule has 0 radical (unpaired) electrons. The zero-order valence-electron chi connectivity index (χ0n) is 8.37. The van der Waals surface area contributed by atoms with Gasteiger partial charge in [-0.15, -0.1) is 0 Å². The van der Waals surface area contributed by atoms with E-state index in [1.165, 1.54) is 12.1 Å². The molecular weight excluding hydrogens is 206 g/mol. The van der Waals surface area contributed by atoms with E-state index in [4.69, 9.17) is 0 Å². The molecule has 0 saturated heterocycles. The van der Waals surface area contributed by atoms with Crippen molar-refractivity contribution in [1.82, 2.24) is 0 Å². The summed E-state index contributed by atoms with van der Waals surface area (Å²) in [5, 5.41) is 2.35. The highest BCUT2D eigenvalue weighted by molar-refractivity contribution is 6.07. The number of halogens is 2. The van der Waals surface area contributed by atoms with Gasteiger partial charge in [-0.05, 0) is 22.9 Å². The summed E-state index contributed by atoms with van der Waals surface area (Å²) >= 11 is 0. The van der Waals surface area contributed by atoms with Crippen molar-refractivity contribution in [2.75, 3.05) is 0 Å². The van der Waals surface area contributed by atoms with Crippen molar-refractivity contribution >= 4 is 21.5 Å². The minimum Gasteiger partial charge on any atom is -0.206 e. The molecule has 16 heavy (non-hydrogen) atoms. The molecule has 0 N–H and O–H groups in total. The number of benzene rings is 3. The number of rotatable bonds is 0. The zero-order valence-corrected chi connectivity index (χ0v) is 8.37. The van der Waals surface area contributed by atoms with Crippen LogP contribution in [0.3, 0.4) is 0 Å². The van der Waals surface area contributed by atoms with Crippen molar-refractivity contribution in [2.24, 2.45) is 0 Å². The van der Waals surface area contributed by atoms with Crippen LogP contribution in [0.5, 0.6) is 0 Å². The lowest BCUT2D eigenvalue weighted by atomic mass is 10.0. The van der Waals surface area contributed by atoms with Gasteiger partial charge in [0.1, 0.15) is 11.6 Å². The maximum atomic E-state index is 13.7. The van der Waals surface area contributed by atoms with Gasteiger partial charge in [0, 0.05) is 10.8 Å². The highest BCUT2D eigenvalue weighted by atomic mass is 19.1. The first-order valence-corrected chi connectivity index (χ1v) is 5.03. The van der Waals surface area contributed by atoms with Gasteiger partial charge in [0.05, 0.1) is 0 Å². The Hall–Kier alpha value is -1.96. The molecule has 0 unspecified atom stereocenters. The molecule has 0 aliphatic heterocycles. The summed E-state index contributed by atoms with van der Waals surface area (Å²) < 4.78 is 27.2. The van der Waals surface area contributed by atoms with Gasteiger partial charge in [0.2, 0.25) is 0 Å².